The smallest absolute Gasteiger partial charge is 0.416 e. The standard InChI is InChI=1S/C13H10F3N3O3/c1-22-10-5-8(4-9(6-10)13(14,15)16)12-17-7-19(18-12)3-2-11(20)21/h2-7H,1H3,(H,20,21)/b3-2+. The Hall–Kier alpha value is -2.84. The number of hydrogen-bond donors (Lipinski definition) is 1. The molecule has 1 N–H and O–H groups in total. The van der Waals surface area contributed by atoms with Crippen molar-refractivity contribution in [3.63, 3.8) is 0 Å². The third-order valence-electron chi connectivity index (χ3n) is 2.61. The first-order chi connectivity index (χ1) is 10.3. The molecule has 0 aliphatic rings. The lowest BCUT2D eigenvalue weighted by atomic mass is 10.1. The highest BCUT2D eigenvalue weighted by Crippen LogP contribution is 2.34. The highest BCUT2D eigenvalue weighted by atomic mass is 19.4. The van der Waals surface area contributed by atoms with Crippen LogP contribution in [-0.2, 0) is 11.0 Å². The molecule has 0 fully saturated rings. The highest BCUT2D eigenvalue weighted by molar-refractivity contribution is 5.82. The third kappa shape index (κ3) is 3.62. The van der Waals surface area contributed by atoms with Crippen LogP contribution in [0.4, 0.5) is 13.2 Å². The number of carbonyl (C=O) groups is 1. The predicted octanol–water partition coefficient (Wildman–Crippen LogP) is 2.53. The zero-order chi connectivity index (χ0) is 16.3. The maximum atomic E-state index is 12.8. The van der Waals surface area contributed by atoms with E-state index in [-0.39, 0.29) is 17.1 Å². The van der Waals surface area contributed by atoms with Crippen LogP contribution in [0.3, 0.4) is 0 Å². The average Bonchev–Trinajstić information content (AvgIpc) is 2.92. The molecule has 9 heteroatoms. The van der Waals surface area contributed by atoms with Crippen LogP contribution in [0, 0.1) is 0 Å². The highest BCUT2D eigenvalue weighted by Gasteiger charge is 2.31. The van der Waals surface area contributed by atoms with Gasteiger partial charge in [-0.05, 0) is 18.2 Å². The lowest BCUT2D eigenvalue weighted by molar-refractivity contribution is -0.137. The SMILES string of the molecule is COc1cc(-c2ncn(/C=C/C(=O)O)n2)cc(C(F)(F)F)c1. The van der Waals surface area contributed by atoms with Gasteiger partial charge in [-0.25, -0.2) is 14.5 Å². The number of alkyl halides is 3. The van der Waals surface area contributed by atoms with Gasteiger partial charge in [-0.3, -0.25) is 0 Å². The quantitative estimate of drug-likeness (QED) is 0.878. The van der Waals surface area contributed by atoms with Crippen LogP contribution in [0.5, 0.6) is 5.75 Å². The maximum Gasteiger partial charge on any atom is 0.416 e. The van der Waals surface area contributed by atoms with E-state index in [0.29, 0.717) is 0 Å². The van der Waals surface area contributed by atoms with Gasteiger partial charge in [0, 0.05) is 17.8 Å². The van der Waals surface area contributed by atoms with Crippen molar-refractivity contribution < 1.29 is 27.8 Å². The second-order valence-corrected chi connectivity index (χ2v) is 4.15. The largest absolute Gasteiger partial charge is 0.497 e. The molecule has 2 aromatic rings. The van der Waals surface area contributed by atoms with Crippen molar-refractivity contribution in [2.45, 2.75) is 6.18 Å². The van der Waals surface area contributed by atoms with Gasteiger partial charge in [0.2, 0.25) is 0 Å². The molecular formula is C13H10F3N3O3. The number of benzene rings is 1. The number of aliphatic carboxylic acids is 1. The van der Waals surface area contributed by atoms with Crippen molar-refractivity contribution in [3.05, 3.63) is 36.2 Å². The molecule has 0 bridgehead atoms. The van der Waals surface area contributed by atoms with Gasteiger partial charge in [0.25, 0.3) is 0 Å². The summed E-state index contributed by atoms with van der Waals surface area (Å²) in [5, 5.41) is 12.4. The molecule has 1 aromatic carbocycles. The first-order valence-electron chi connectivity index (χ1n) is 5.88. The predicted molar refractivity (Wildman–Crippen MR) is 70.0 cm³/mol. The number of carboxylic acids is 1. The minimum absolute atomic E-state index is 0.0134. The molecule has 0 atom stereocenters. The first kappa shape index (κ1) is 15.5. The summed E-state index contributed by atoms with van der Waals surface area (Å²) in [6.45, 7) is 0. The zero-order valence-electron chi connectivity index (χ0n) is 11.2. The van der Waals surface area contributed by atoms with Crippen LogP contribution in [0.25, 0.3) is 17.6 Å². The molecule has 0 saturated carbocycles. The zero-order valence-corrected chi connectivity index (χ0v) is 11.2. The van der Waals surface area contributed by atoms with E-state index < -0.39 is 17.7 Å². The van der Waals surface area contributed by atoms with E-state index >= 15 is 0 Å². The number of rotatable bonds is 4. The van der Waals surface area contributed by atoms with Crippen LogP contribution in [-0.4, -0.2) is 33.0 Å². The summed E-state index contributed by atoms with van der Waals surface area (Å²) in [5.74, 6) is -1.15. The van der Waals surface area contributed by atoms with E-state index in [1.165, 1.54) is 19.5 Å². The molecule has 6 nitrogen and oxygen atoms in total. The third-order valence-corrected chi connectivity index (χ3v) is 2.61. The fraction of sp³-hybridized carbons (Fsp3) is 0.154. The van der Waals surface area contributed by atoms with Gasteiger partial charge >= 0.3 is 12.1 Å². The van der Waals surface area contributed by atoms with Crippen molar-refractivity contribution in [2.24, 2.45) is 0 Å². The Kier molecular flexibility index (Phi) is 4.15. The molecule has 0 unspecified atom stereocenters. The summed E-state index contributed by atoms with van der Waals surface area (Å²) in [6.07, 6.45) is -1.41. The fourth-order valence-corrected chi connectivity index (χ4v) is 1.63. The van der Waals surface area contributed by atoms with Gasteiger partial charge in [-0.2, -0.15) is 13.2 Å². The molecule has 116 valence electrons. The molecule has 0 aliphatic carbocycles. The first-order valence-corrected chi connectivity index (χ1v) is 5.88. The van der Waals surface area contributed by atoms with Crippen LogP contribution >= 0.6 is 0 Å². The Morgan fingerprint density at radius 2 is 2.09 bits per heavy atom. The van der Waals surface area contributed by atoms with Crippen LogP contribution < -0.4 is 4.74 Å². The molecule has 2 rings (SSSR count). The Labute approximate surface area is 122 Å². The Morgan fingerprint density at radius 1 is 1.36 bits per heavy atom. The van der Waals surface area contributed by atoms with E-state index in [0.717, 1.165) is 29.1 Å². The lowest BCUT2D eigenvalue weighted by Crippen LogP contribution is -2.05. The van der Waals surface area contributed by atoms with Crippen molar-refractivity contribution in [1.29, 1.82) is 0 Å². The van der Waals surface area contributed by atoms with E-state index in [9.17, 15) is 18.0 Å². The van der Waals surface area contributed by atoms with E-state index in [1.807, 2.05) is 0 Å². The molecule has 0 radical (unpaired) electrons. The number of halogens is 3. The van der Waals surface area contributed by atoms with E-state index in [1.54, 1.807) is 0 Å². The molecule has 22 heavy (non-hydrogen) atoms. The summed E-state index contributed by atoms with van der Waals surface area (Å²) in [5.41, 5.74) is -0.784. The van der Waals surface area contributed by atoms with Crippen LogP contribution in [0.2, 0.25) is 0 Å². The Balaban J connectivity index is 2.42. The summed E-state index contributed by atoms with van der Waals surface area (Å²) in [7, 11) is 1.25. The number of nitrogens with zero attached hydrogens (tertiary/aromatic N) is 3. The van der Waals surface area contributed by atoms with Crippen molar-refractivity contribution in [2.75, 3.05) is 7.11 Å². The van der Waals surface area contributed by atoms with Crippen molar-refractivity contribution in [1.82, 2.24) is 14.8 Å². The average molecular weight is 313 g/mol. The van der Waals surface area contributed by atoms with Gasteiger partial charge < -0.3 is 9.84 Å². The summed E-state index contributed by atoms with van der Waals surface area (Å²) < 4.78 is 44.4. The van der Waals surface area contributed by atoms with Crippen LogP contribution in [0.15, 0.2) is 30.6 Å². The molecule has 0 amide bonds. The number of methoxy groups -OCH3 is 1. The molecular weight excluding hydrogens is 303 g/mol. The van der Waals surface area contributed by atoms with Gasteiger partial charge in [0.15, 0.2) is 5.82 Å². The number of carboxylic acid groups (broad SMARTS) is 1. The number of ether oxygens (including phenoxy) is 1. The van der Waals surface area contributed by atoms with Crippen molar-refractivity contribution >= 4 is 12.2 Å². The fourth-order valence-electron chi connectivity index (χ4n) is 1.63. The lowest BCUT2D eigenvalue weighted by Gasteiger charge is -2.10. The number of hydrogen-bond acceptors (Lipinski definition) is 4. The second-order valence-electron chi connectivity index (χ2n) is 4.15. The molecule has 1 aromatic heterocycles. The van der Waals surface area contributed by atoms with E-state index in [4.69, 9.17) is 9.84 Å². The summed E-state index contributed by atoms with van der Waals surface area (Å²) >= 11 is 0. The van der Waals surface area contributed by atoms with Gasteiger partial charge in [-0.1, -0.05) is 0 Å². The summed E-state index contributed by atoms with van der Waals surface area (Å²) in [6, 6.07) is 3.11. The molecule has 0 aliphatic heterocycles. The number of aromatic nitrogens is 3. The van der Waals surface area contributed by atoms with Crippen molar-refractivity contribution in [3.8, 4) is 17.1 Å². The topological polar surface area (TPSA) is 77.2 Å². The maximum absolute atomic E-state index is 12.8. The van der Waals surface area contributed by atoms with E-state index in [2.05, 4.69) is 10.1 Å². The normalized spacial score (nSPS) is 11.8. The Bertz CT molecular complexity index is 723. The Morgan fingerprint density at radius 3 is 2.68 bits per heavy atom. The molecule has 0 saturated heterocycles. The minimum Gasteiger partial charge on any atom is -0.497 e. The van der Waals surface area contributed by atoms with Crippen LogP contribution in [0.1, 0.15) is 5.56 Å². The molecule has 1 heterocycles. The monoisotopic (exact) mass is 313 g/mol. The second kappa shape index (κ2) is 5.88. The summed E-state index contributed by atoms with van der Waals surface area (Å²) in [4.78, 5) is 14.2. The van der Waals surface area contributed by atoms with Gasteiger partial charge in [-0.15, -0.1) is 5.10 Å². The van der Waals surface area contributed by atoms with Gasteiger partial charge in [0.05, 0.1) is 12.7 Å². The minimum atomic E-state index is -4.53. The van der Waals surface area contributed by atoms with Gasteiger partial charge in [0.1, 0.15) is 12.1 Å². The molecule has 0 spiro atoms.